The SMILES string of the molecule is CN1CCC[C@H]1COc1nc(N2CCNC3(COC3)C2)c2cnc(-c3cccc4cccc(Cl)c34)c(F)c2n1. The summed E-state index contributed by atoms with van der Waals surface area (Å²) in [5, 5.41) is 6.36. The lowest BCUT2D eigenvalue weighted by Gasteiger charge is -2.49. The van der Waals surface area contributed by atoms with Crippen molar-refractivity contribution in [2.45, 2.75) is 24.4 Å². The van der Waals surface area contributed by atoms with Crippen molar-refractivity contribution in [2.24, 2.45) is 0 Å². The number of hydrogen-bond donors (Lipinski definition) is 1. The van der Waals surface area contributed by atoms with Gasteiger partial charge in [0.25, 0.3) is 0 Å². The lowest BCUT2D eigenvalue weighted by atomic mass is 9.94. The van der Waals surface area contributed by atoms with E-state index >= 15 is 4.39 Å². The Morgan fingerprint density at radius 3 is 2.79 bits per heavy atom. The topological polar surface area (TPSA) is 75.6 Å². The van der Waals surface area contributed by atoms with Gasteiger partial charge in [-0.05, 0) is 37.9 Å². The van der Waals surface area contributed by atoms with Crippen molar-refractivity contribution >= 4 is 39.1 Å². The predicted octanol–water partition coefficient (Wildman–Crippen LogP) is 4.29. The summed E-state index contributed by atoms with van der Waals surface area (Å²) >= 11 is 6.57. The Hall–Kier alpha value is -3.11. The number of likely N-dealkylation sites (N-methyl/N-ethyl adjacent to an activating group) is 1. The average molecular weight is 549 g/mol. The summed E-state index contributed by atoms with van der Waals surface area (Å²) in [7, 11) is 2.10. The van der Waals surface area contributed by atoms with Gasteiger partial charge in [-0.2, -0.15) is 9.97 Å². The van der Waals surface area contributed by atoms with Crippen LogP contribution in [0.5, 0.6) is 6.01 Å². The summed E-state index contributed by atoms with van der Waals surface area (Å²) < 4.78 is 28.1. The predicted molar refractivity (Wildman–Crippen MR) is 150 cm³/mol. The van der Waals surface area contributed by atoms with E-state index in [1.807, 2.05) is 36.4 Å². The number of pyridine rings is 1. The van der Waals surface area contributed by atoms with Crippen LogP contribution in [0.4, 0.5) is 10.2 Å². The van der Waals surface area contributed by atoms with Crippen molar-refractivity contribution < 1.29 is 13.9 Å². The minimum absolute atomic E-state index is 0.116. The highest BCUT2D eigenvalue weighted by molar-refractivity contribution is 6.36. The van der Waals surface area contributed by atoms with Gasteiger partial charge in [0.05, 0.1) is 24.1 Å². The molecule has 0 saturated carbocycles. The molecule has 3 fully saturated rings. The van der Waals surface area contributed by atoms with Crippen LogP contribution in [0.25, 0.3) is 32.9 Å². The van der Waals surface area contributed by atoms with Gasteiger partial charge < -0.3 is 24.6 Å². The molecule has 1 N–H and O–H groups in total. The smallest absolute Gasteiger partial charge is 0.319 e. The molecule has 0 bridgehead atoms. The van der Waals surface area contributed by atoms with Gasteiger partial charge in [0.2, 0.25) is 0 Å². The van der Waals surface area contributed by atoms with E-state index in [1.165, 1.54) is 0 Å². The van der Waals surface area contributed by atoms with Crippen LogP contribution in [0, 0.1) is 5.82 Å². The van der Waals surface area contributed by atoms with Gasteiger partial charge in [0.15, 0.2) is 5.82 Å². The number of aromatic nitrogens is 3. The summed E-state index contributed by atoms with van der Waals surface area (Å²) in [6.45, 7) is 4.98. The van der Waals surface area contributed by atoms with Crippen molar-refractivity contribution in [2.75, 3.05) is 57.9 Å². The Labute approximate surface area is 231 Å². The number of benzene rings is 2. The number of rotatable bonds is 5. The summed E-state index contributed by atoms with van der Waals surface area (Å²) in [4.78, 5) is 18.5. The van der Waals surface area contributed by atoms with Gasteiger partial charge in [-0.15, -0.1) is 0 Å². The zero-order valence-electron chi connectivity index (χ0n) is 21.8. The Kier molecular flexibility index (Phi) is 6.27. The van der Waals surface area contributed by atoms with E-state index < -0.39 is 5.82 Å². The third-order valence-electron chi connectivity index (χ3n) is 8.26. The normalized spacial score (nSPS) is 21.1. The van der Waals surface area contributed by atoms with Crippen molar-refractivity contribution in [3.63, 3.8) is 0 Å². The number of anilines is 1. The maximum atomic E-state index is 16.5. The molecule has 7 rings (SSSR count). The van der Waals surface area contributed by atoms with Crippen LogP contribution in [-0.2, 0) is 4.74 Å². The quantitative estimate of drug-likeness (QED) is 0.396. The zero-order chi connectivity index (χ0) is 26.6. The molecule has 1 atom stereocenters. The fraction of sp³-hybridized carbons (Fsp3) is 0.414. The maximum Gasteiger partial charge on any atom is 0.319 e. The Balaban J connectivity index is 1.35. The molecule has 5 heterocycles. The van der Waals surface area contributed by atoms with E-state index in [2.05, 4.69) is 32.1 Å². The molecule has 0 amide bonds. The Morgan fingerprint density at radius 1 is 1.18 bits per heavy atom. The number of nitrogens with zero attached hydrogens (tertiary/aromatic N) is 5. The molecule has 10 heteroatoms. The minimum Gasteiger partial charge on any atom is -0.462 e. The highest BCUT2D eigenvalue weighted by atomic mass is 35.5. The van der Waals surface area contributed by atoms with E-state index in [0.717, 1.165) is 43.2 Å². The monoisotopic (exact) mass is 548 g/mol. The number of piperazine rings is 1. The number of hydrogen-bond acceptors (Lipinski definition) is 8. The first-order valence-electron chi connectivity index (χ1n) is 13.5. The van der Waals surface area contributed by atoms with E-state index in [0.29, 0.717) is 48.2 Å². The second-order valence-electron chi connectivity index (χ2n) is 10.9. The van der Waals surface area contributed by atoms with Gasteiger partial charge in [0.1, 0.15) is 23.6 Å². The zero-order valence-corrected chi connectivity index (χ0v) is 22.5. The first-order chi connectivity index (χ1) is 19.0. The van der Waals surface area contributed by atoms with Crippen molar-refractivity contribution in [1.29, 1.82) is 0 Å². The van der Waals surface area contributed by atoms with Crippen LogP contribution in [-0.4, -0.2) is 84.5 Å². The lowest BCUT2D eigenvalue weighted by molar-refractivity contribution is -0.0743. The molecule has 3 saturated heterocycles. The summed E-state index contributed by atoms with van der Waals surface area (Å²) in [6, 6.07) is 11.8. The van der Waals surface area contributed by atoms with Crippen LogP contribution in [0.15, 0.2) is 42.6 Å². The van der Waals surface area contributed by atoms with Gasteiger partial charge in [0, 0.05) is 47.8 Å². The Bertz CT molecular complexity index is 1560. The largest absolute Gasteiger partial charge is 0.462 e. The molecule has 3 aliphatic rings. The molecule has 0 radical (unpaired) electrons. The van der Waals surface area contributed by atoms with E-state index in [4.69, 9.17) is 26.1 Å². The minimum atomic E-state index is -0.511. The van der Waals surface area contributed by atoms with Crippen LogP contribution < -0.4 is 15.0 Å². The molecule has 2 aromatic carbocycles. The van der Waals surface area contributed by atoms with E-state index in [-0.39, 0.29) is 28.8 Å². The van der Waals surface area contributed by atoms with Crippen LogP contribution in [0.1, 0.15) is 12.8 Å². The second-order valence-corrected chi connectivity index (χ2v) is 11.3. The van der Waals surface area contributed by atoms with Gasteiger partial charge in [-0.25, -0.2) is 4.39 Å². The third kappa shape index (κ3) is 4.37. The molecule has 202 valence electrons. The second kappa shape index (κ2) is 9.82. The first-order valence-corrected chi connectivity index (χ1v) is 13.8. The van der Waals surface area contributed by atoms with Crippen molar-refractivity contribution in [3.05, 3.63) is 53.4 Å². The first kappa shape index (κ1) is 24.9. The van der Waals surface area contributed by atoms with Crippen LogP contribution in [0.2, 0.25) is 5.02 Å². The molecule has 0 unspecified atom stereocenters. The van der Waals surface area contributed by atoms with Crippen molar-refractivity contribution in [1.82, 2.24) is 25.2 Å². The molecular weight excluding hydrogens is 519 g/mol. The molecule has 3 aliphatic heterocycles. The van der Waals surface area contributed by atoms with Gasteiger partial charge >= 0.3 is 6.01 Å². The molecule has 1 spiro atoms. The molecule has 2 aromatic heterocycles. The molecule has 4 aromatic rings. The van der Waals surface area contributed by atoms with Crippen LogP contribution >= 0.6 is 11.6 Å². The van der Waals surface area contributed by atoms with Crippen molar-refractivity contribution in [3.8, 4) is 17.3 Å². The third-order valence-corrected chi connectivity index (χ3v) is 8.58. The van der Waals surface area contributed by atoms with Gasteiger partial charge in [-0.1, -0.05) is 41.9 Å². The molecule has 39 heavy (non-hydrogen) atoms. The van der Waals surface area contributed by atoms with E-state index in [9.17, 15) is 0 Å². The number of fused-ring (bicyclic) bond motifs is 2. The lowest BCUT2D eigenvalue weighted by Crippen LogP contribution is -2.70. The maximum absolute atomic E-state index is 16.5. The molecular formula is C29H30ClFN6O2. The summed E-state index contributed by atoms with van der Waals surface area (Å²) in [5.74, 6) is 0.125. The number of ether oxygens (including phenoxy) is 2. The average Bonchev–Trinajstić information content (AvgIpc) is 3.35. The standard InChI is InChI=1S/C29H30ClFN6O2/c1-36-11-4-7-19(36)14-39-28-34-26-21(27(35-28)37-12-10-33-29(15-37)16-38-17-29)13-32-25(24(26)31)20-8-2-5-18-6-3-9-22(30)23(18)20/h2-3,5-6,8-9,13,19,33H,4,7,10-12,14-17H2,1H3/t19-/m0/s1. The Morgan fingerprint density at radius 2 is 2.03 bits per heavy atom. The summed E-state index contributed by atoms with van der Waals surface area (Å²) in [6.07, 6.45) is 3.87. The van der Waals surface area contributed by atoms with E-state index in [1.54, 1.807) is 6.20 Å². The van der Waals surface area contributed by atoms with Gasteiger partial charge in [-0.3, -0.25) is 4.98 Å². The molecule has 8 nitrogen and oxygen atoms in total. The fourth-order valence-electron chi connectivity index (χ4n) is 6.05. The number of likely N-dealkylation sites (tertiary alicyclic amines) is 1. The number of nitrogens with one attached hydrogen (secondary N) is 1. The van der Waals surface area contributed by atoms with Crippen LogP contribution in [0.3, 0.4) is 0 Å². The summed E-state index contributed by atoms with van der Waals surface area (Å²) in [5.41, 5.74) is 0.910. The molecule has 0 aliphatic carbocycles. The highest BCUT2D eigenvalue weighted by Gasteiger charge is 2.43. The fourth-order valence-corrected chi connectivity index (χ4v) is 6.33. The highest BCUT2D eigenvalue weighted by Crippen LogP contribution is 2.38. The number of halogens is 2.